The lowest BCUT2D eigenvalue weighted by Gasteiger charge is -2.44. The fraction of sp³-hybridized carbons (Fsp3) is 0.500. The molecule has 10 unspecified atom stereocenters. The molecule has 0 aromatic carbocycles. The number of aliphatic imine (C=N–C) groups is 4. The highest BCUT2D eigenvalue weighted by Crippen LogP contribution is 2.47. The number of esters is 1. The molecule has 0 aromatic heterocycles. The number of hydrogen-bond donors (Lipinski definition) is 3. The number of Topliss-reactive ketones (excluding diaryl/α,β-unsaturated/α-hetero) is 2. The minimum atomic E-state index is -1.44. The first-order chi connectivity index (χ1) is 24.0. The Hall–Kier alpha value is -4.27. The molecule has 0 spiro atoms. The molecule has 13 heteroatoms. The molecule has 2 saturated heterocycles. The van der Waals surface area contributed by atoms with Gasteiger partial charge in [0.15, 0.2) is 11.6 Å². The molecule has 0 aliphatic carbocycles. The predicted molar refractivity (Wildman–Crippen MR) is 187 cm³/mol. The van der Waals surface area contributed by atoms with Crippen molar-refractivity contribution in [1.29, 1.82) is 0 Å². The molecule has 51 heavy (non-hydrogen) atoms. The van der Waals surface area contributed by atoms with E-state index in [9.17, 15) is 29.7 Å². The van der Waals surface area contributed by atoms with Crippen molar-refractivity contribution in [3.8, 4) is 0 Å². The van der Waals surface area contributed by atoms with Crippen molar-refractivity contribution in [3.63, 3.8) is 0 Å². The van der Waals surface area contributed by atoms with Gasteiger partial charge < -0.3 is 29.5 Å². The molecular formula is C38H42N4O9. The molecule has 7 aliphatic heterocycles. The Morgan fingerprint density at radius 3 is 1.98 bits per heavy atom. The summed E-state index contributed by atoms with van der Waals surface area (Å²) in [6, 6.07) is 0. The summed E-state index contributed by atoms with van der Waals surface area (Å²) in [5.41, 5.74) is 1.36. The zero-order valence-corrected chi connectivity index (χ0v) is 29.6. The van der Waals surface area contributed by atoms with E-state index >= 15 is 0 Å². The van der Waals surface area contributed by atoms with Crippen LogP contribution in [0.3, 0.4) is 0 Å². The SMILES string of the molecule is CC(=O)OC1CC(O)C(C)OC1C1(C)C(=O)C2=NC1=CC1=NC(=CC3=NC(=CC4=NC(=C2)C=C4C)C(C)(C2OC(C)C(O)CC2O)C3=O)C(C)=C1. The monoisotopic (exact) mass is 698 g/mol. The number of fused-ring (bicyclic) bond motifs is 4. The summed E-state index contributed by atoms with van der Waals surface area (Å²) in [5, 5.41) is 32.1. The number of allylic oxidation sites excluding steroid dienone is 8. The Labute approximate surface area is 295 Å². The minimum absolute atomic E-state index is 0.0391. The molecule has 0 saturated carbocycles. The van der Waals surface area contributed by atoms with Crippen molar-refractivity contribution < 1.29 is 43.9 Å². The van der Waals surface area contributed by atoms with Crippen LogP contribution >= 0.6 is 0 Å². The molecule has 3 N–H and O–H groups in total. The molecule has 2 fully saturated rings. The van der Waals surface area contributed by atoms with E-state index in [-0.39, 0.29) is 35.8 Å². The third-order valence-corrected chi connectivity index (χ3v) is 11.0. The third-order valence-electron chi connectivity index (χ3n) is 11.0. The first-order valence-electron chi connectivity index (χ1n) is 17.2. The van der Waals surface area contributed by atoms with E-state index in [1.165, 1.54) is 6.92 Å². The summed E-state index contributed by atoms with van der Waals surface area (Å²) < 4.78 is 18.0. The Morgan fingerprint density at radius 2 is 1.31 bits per heavy atom. The molecular weight excluding hydrogens is 656 g/mol. The zero-order chi connectivity index (χ0) is 36.7. The lowest BCUT2D eigenvalue weighted by Crippen LogP contribution is -2.57. The van der Waals surface area contributed by atoms with Gasteiger partial charge in [0.2, 0.25) is 0 Å². The largest absolute Gasteiger partial charge is 0.460 e. The molecule has 268 valence electrons. The first-order valence-corrected chi connectivity index (χ1v) is 17.2. The number of hydrogen-bond acceptors (Lipinski definition) is 13. The van der Waals surface area contributed by atoms with Gasteiger partial charge in [0, 0.05) is 19.8 Å². The standard InChI is InChI=1S/C38H42N4O9/c1-16-9-22-11-31-38(7,36-30(51-20(5)43)15-28(45)19(4)50-36)33(47)25(41-31)10-21-8-17(2)24(39-21)13-32-37(6,34(48)26(42-32)12-23(16)40-22)35-29(46)14-27(44)18(3)49-35/h8-13,18-19,27-30,35-36,44-46H,14-15H2,1-7H3. The summed E-state index contributed by atoms with van der Waals surface area (Å²) in [4.78, 5) is 60.3. The maximum Gasteiger partial charge on any atom is 0.302 e. The number of aliphatic hydroxyl groups excluding tert-OH is 3. The highest BCUT2D eigenvalue weighted by atomic mass is 16.6. The molecule has 7 heterocycles. The van der Waals surface area contributed by atoms with E-state index in [4.69, 9.17) is 34.2 Å². The minimum Gasteiger partial charge on any atom is -0.460 e. The van der Waals surface area contributed by atoms with Crippen LogP contribution < -0.4 is 0 Å². The second-order valence-corrected chi connectivity index (χ2v) is 14.7. The highest BCUT2D eigenvalue weighted by Gasteiger charge is 2.58. The van der Waals surface area contributed by atoms with Crippen molar-refractivity contribution >= 4 is 40.4 Å². The molecule has 0 amide bonds. The molecule has 13 nitrogen and oxygen atoms in total. The average molecular weight is 699 g/mol. The second-order valence-electron chi connectivity index (χ2n) is 14.7. The van der Waals surface area contributed by atoms with Gasteiger partial charge in [-0.05, 0) is 89.1 Å². The van der Waals surface area contributed by atoms with E-state index in [1.807, 2.05) is 13.8 Å². The predicted octanol–water partition coefficient (Wildman–Crippen LogP) is 2.77. The number of ketones is 2. The van der Waals surface area contributed by atoms with Crippen LogP contribution in [0.25, 0.3) is 0 Å². The third kappa shape index (κ3) is 5.71. The maximum atomic E-state index is 14.5. The van der Waals surface area contributed by atoms with Crippen molar-refractivity contribution in [2.75, 3.05) is 0 Å². The van der Waals surface area contributed by atoms with E-state index in [1.54, 1.807) is 64.2 Å². The lowest BCUT2D eigenvalue weighted by molar-refractivity contribution is -0.206. The summed E-state index contributed by atoms with van der Waals surface area (Å²) in [5.74, 6) is -1.31. The number of carbonyl (C=O) groups excluding carboxylic acids is 3. The van der Waals surface area contributed by atoms with Crippen molar-refractivity contribution in [2.45, 2.75) is 110 Å². The van der Waals surface area contributed by atoms with E-state index in [2.05, 4.69) is 0 Å². The molecule has 7 rings (SSSR count). The normalized spacial score (nSPS) is 39.2. The van der Waals surface area contributed by atoms with Gasteiger partial charge >= 0.3 is 5.97 Å². The molecule has 7 aliphatic rings. The Bertz CT molecular complexity index is 1960. The van der Waals surface area contributed by atoms with Gasteiger partial charge in [-0.3, -0.25) is 14.4 Å². The molecule has 0 radical (unpaired) electrons. The van der Waals surface area contributed by atoms with Crippen LogP contribution in [-0.4, -0.2) is 105 Å². The van der Waals surface area contributed by atoms with E-state index < -0.39 is 65.6 Å². The lowest BCUT2D eigenvalue weighted by atomic mass is 9.73. The number of rotatable bonds is 3. The molecule has 10 atom stereocenters. The average Bonchev–Trinajstić information content (AvgIpc) is 3.72. The molecule has 8 bridgehead atoms. The summed E-state index contributed by atoms with van der Waals surface area (Å²) in [6.07, 6.45) is 3.15. The van der Waals surface area contributed by atoms with Gasteiger partial charge in [0.25, 0.3) is 0 Å². The number of aliphatic hydroxyl groups is 3. The van der Waals surface area contributed by atoms with E-state index in [0.29, 0.717) is 34.2 Å². The quantitative estimate of drug-likeness (QED) is 0.372. The zero-order valence-electron chi connectivity index (χ0n) is 29.6. The summed E-state index contributed by atoms with van der Waals surface area (Å²) >= 11 is 0. The number of carbonyl (C=O) groups is 3. The van der Waals surface area contributed by atoms with Crippen molar-refractivity contribution in [2.24, 2.45) is 30.8 Å². The van der Waals surface area contributed by atoms with Crippen LogP contribution in [0.5, 0.6) is 0 Å². The summed E-state index contributed by atoms with van der Waals surface area (Å²) in [7, 11) is 0. The fourth-order valence-corrected chi connectivity index (χ4v) is 7.85. The maximum absolute atomic E-state index is 14.5. The first kappa shape index (κ1) is 35.1. The number of nitrogens with zero attached hydrogens (tertiary/aromatic N) is 4. The topological polar surface area (TPSA) is 189 Å². The van der Waals surface area contributed by atoms with Crippen LogP contribution in [0.4, 0.5) is 0 Å². The Morgan fingerprint density at radius 1 is 0.725 bits per heavy atom. The van der Waals surface area contributed by atoms with Crippen LogP contribution in [0.15, 0.2) is 90.4 Å². The van der Waals surface area contributed by atoms with Gasteiger partial charge in [-0.25, -0.2) is 20.0 Å². The second kappa shape index (κ2) is 12.4. The smallest absolute Gasteiger partial charge is 0.302 e. The Balaban J connectivity index is 1.38. The Kier molecular flexibility index (Phi) is 8.58. The number of ether oxygens (including phenoxy) is 3. The van der Waals surface area contributed by atoms with Gasteiger partial charge in [-0.1, -0.05) is 0 Å². The van der Waals surface area contributed by atoms with Crippen LogP contribution in [0.1, 0.15) is 61.3 Å². The highest BCUT2D eigenvalue weighted by molar-refractivity contribution is 6.50. The van der Waals surface area contributed by atoms with Gasteiger partial charge in [0.1, 0.15) is 40.6 Å². The van der Waals surface area contributed by atoms with Gasteiger partial charge in [-0.15, -0.1) is 0 Å². The van der Waals surface area contributed by atoms with Crippen molar-refractivity contribution in [3.05, 3.63) is 70.4 Å². The summed E-state index contributed by atoms with van der Waals surface area (Å²) in [6.45, 7) is 11.7. The molecule has 0 aromatic rings. The van der Waals surface area contributed by atoms with E-state index in [0.717, 1.165) is 11.1 Å². The van der Waals surface area contributed by atoms with Gasteiger partial charge in [-0.2, -0.15) is 0 Å². The van der Waals surface area contributed by atoms with Crippen LogP contribution in [0, 0.1) is 10.8 Å². The van der Waals surface area contributed by atoms with Gasteiger partial charge in [0.05, 0.1) is 64.7 Å². The van der Waals surface area contributed by atoms with Crippen LogP contribution in [-0.2, 0) is 28.6 Å². The fourth-order valence-electron chi connectivity index (χ4n) is 7.85. The van der Waals surface area contributed by atoms with Crippen LogP contribution in [0.2, 0.25) is 0 Å². The van der Waals surface area contributed by atoms with Crippen molar-refractivity contribution in [1.82, 2.24) is 0 Å².